The van der Waals surface area contributed by atoms with Gasteiger partial charge in [0.1, 0.15) is 0 Å². The average molecular weight is 268 g/mol. The third-order valence-electron chi connectivity index (χ3n) is 4.03. The first-order valence-electron chi connectivity index (χ1n) is 7.00. The lowest BCUT2D eigenvalue weighted by Gasteiger charge is -2.37. The quantitative estimate of drug-likeness (QED) is 0.639. The first kappa shape index (κ1) is 14.3. The molecule has 0 aromatic rings. The van der Waals surface area contributed by atoms with Gasteiger partial charge >= 0.3 is 0 Å². The predicted molar refractivity (Wildman–Crippen MR) is 72.8 cm³/mol. The monoisotopic (exact) mass is 268 g/mol. The molecule has 0 N–H and O–H groups in total. The molecule has 0 radical (unpaired) electrons. The molecular weight excluding hydrogens is 244 g/mol. The molecule has 0 spiro atoms. The Morgan fingerprint density at radius 1 is 0.842 bits per heavy atom. The number of nitrogens with zero attached hydrogens (tertiary/aromatic N) is 4. The molecule has 2 fully saturated rings. The van der Waals surface area contributed by atoms with Crippen LogP contribution in [0.3, 0.4) is 0 Å². The summed E-state index contributed by atoms with van der Waals surface area (Å²) in [6.07, 6.45) is 0. The fourth-order valence-corrected chi connectivity index (χ4v) is 2.57. The van der Waals surface area contributed by atoms with E-state index in [2.05, 4.69) is 16.8 Å². The Morgan fingerprint density at radius 3 is 1.89 bits per heavy atom. The van der Waals surface area contributed by atoms with Gasteiger partial charge in [-0.05, 0) is 7.05 Å². The zero-order valence-electron chi connectivity index (χ0n) is 12.0. The maximum atomic E-state index is 12.2. The summed E-state index contributed by atoms with van der Waals surface area (Å²) < 4.78 is 0. The van der Waals surface area contributed by atoms with Crippen LogP contribution in [0.1, 0.15) is 6.92 Å². The normalized spacial score (nSPS) is 22.6. The van der Waals surface area contributed by atoms with Gasteiger partial charge in [0.15, 0.2) is 0 Å². The van der Waals surface area contributed by atoms with Crippen molar-refractivity contribution in [1.82, 2.24) is 19.6 Å². The second-order valence-corrected chi connectivity index (χ2v) is 5.47. The summed E-state index contributed by atoms with van der Waals surface area (Å²) in [6, 6.07) is 0. The first-order valence-corrected chi connectivity index (χ1v) is 7.00. The van der Waals surface area contributed by atoms with E-state index >= 15 is 0 Å². The zero-order chi connectivity index (χ0) is 13.8. The average Bonchev–Trinajstić information content (AvgIpc) is 2.41. The van der Waals surface area contributed by atoms with E-state index in [4.69, 9.17) is 0 Å². The molecule has 0 unspecified atom stereocenters. The fraction of sp³-hybridized carbons (Fsp3) is 0.846. The number of rotatable bonds is 2. The molecule has 2 heterocycles. The molecule has 19 heavy (non-hydrogen) atoms. The number of amides is 2. The third kappa shape index (κ3) is 3.91. The molecule has 2 aliphatic rings. The Kier molecular flexibility index (Phi) is 4.76. The number of hydrogen-bond acceptors (Lipinski definition) is 4. The van der Waals surface area contributed by atoms with Crippen molar-refractivity contribution >= 4 is 11.8 Å². The van der Waals surface area contributed by atoms with Crippen molar-refractivity contribution in [3.05, 3.63) is 0 Å². The van der Waals surface area contributed by atoms with Gasteiger partial charge in [0.05, 0.1) is 6.54 Å². The van der Waals surface area contributed by atoms with Crippen molar-refractivity contribution in [3.63, 3.8) is 0 Å². The van der Waals surface area contributed by atoms with Crippen molar-refractivity contribution in [1.29, 1.82) is 0 Å². The number of carbonyl (C=O) groups excluding carboxylic acids is 2. The van der Waals surface area contributed by atoms with Gasteiger partial charge in [-0.3, -0.25) is 14.5 Å². The Balaban J connectivity index is 1.74. The molecule has 108 valence electrons. The number of carbonyl (C=O) groups is 2. The topological polar surface area (TPSA) is 47.1 Å². The SMILES string of the molecule is CC(=O)N1CCN(C(=O)CN2CCN(C)CC2)CC1. The lowest BCUT2D eigenvalue weighted by atomic mass is 10.3. The summed E-state index contributed by atoms with van der Waals surface area (Å²) in [4.78, 5) is 31.6. The van der Waals surface area contributed by atoms with E-state index in [0.29, 0.717) is 32.7 Å². The van der Waals surface area contributed by atoms with Crippen LogP contribution in [0.2, 0.25) is 0 Å². The summed E-state index contributed by atoms with van der Waals surface area (Å²) in [5.74, 6) is 0.305. The number of likely N-dealkylation sites (N-methyl/N-ethyl adjacent to an activating group) is 1. The molecular formula is C13H24N4O2. The molecule has 0 aromatic heterocycles. The van der Waals surface area contributed by atoms with Crippen molar-refractivity contribution in [2.75, 3.05) is 66.0 Å². The standard InChI is InChI=1S/C13H24N4O2/c1-12(18)16-7-9-17(10-8-16)13(19)11-15-5-3-14(2)4-6-15/h3-11H2,1-2H3. The highest BCUT2D eigenvalue weighted by molar-refractivity contribution is 5.79. The summed E-state index contributed by atoms with van der Waals surface area (Å²) in [5.41, 5.74) is 0. The van der Waals surface area contributed by atoms with Crippen LogP contribution in [0.4, 0.5) is 0 Å². The fourth-order valence-electron chi connectivity index (χ4n) is 2.57. The van der Waals surface area contributed by atoms with Crippen LogP contribution >= 0.6 is 0 Å². The molecule has 6 nitrogen and oxygen atoms in total. The van der Waals surface area contributed by atoms with Gasteiger partial charge in [-0.2, -0.15) is 0 Å². The van der Waals surface area contributed by atoms with Crippen LogP contribution < -0.4 is 0 Å². The van der Waals surface area contributed by atoms with Gasteiger partial charge < -0.3 is 14.7 Å². The summed E-state index contributed by atoms with van der Waals surface area (Å²) in [6.45, 7) is 8.80. The zero-order valence-corrected chi connectivity index (χ0v) is 12.0. The Hall–Kier alpha value is -1.14. The highest BCUT2D eigenvalue weighted by atomic mass is 16.2. The molecule has 0 bridgehead atoms. The second kappa shape index (κ2) is 6.34. The third-order valence-corrected chi connectivity index (χ3v) is 4.03. The van der Waals surface area contributed by atoms with E-state index < -0.39 is 0 Å². The van der Waals surface area contributed by atoms with Crippen LogP contribution in [0.25, 0.3) is 0 Å². The summed E-state index contributed by atoms with van der Waals surface area (Å²) >= 11 is 0. The van der Waals surface area contributed by atoms with E-state index in [1.165, 1.54) is 0 Å². The molecule has 6 heteroatoms. The van der Waals surface area contributed by atoms with E-state index in [0.717, 1.165) is 26.2 Å². The Labute approximate surface area is 114 Å². The summed E-state index contributed by atoms with van der Waals surface area (Å²) in [5, 5.41) is 0. The van der Waals surface area contributed by atoms with E-state index in [-0.39, 0.29) is 11.8 Å². The molecule has 2 saturated heterocycles. The van der Waals surface area contributed by atoms with Gasteiger partial charge in [0.25, 0.3) is 0 Å². The largest absolute Gasteiger partial charge is 0.339 e. The van der Waals surface area contributed by atoms with Crippen molar-refractivity contribution < 1.29 is 9.59 Å². The minimum absolute atomic E-state index is 0.103. The molecule has 0 aromatic carbocycles. The van der Waals surface area contributed by atoms with Gasteiger partial charge in [-0.15, -0.1) is 0 Å². The predicted octanol–water partition coefficient (Wildman–Crippen LogP) is -1.08. The smallest absolute Gasteiger partial charge is 0.236 e. The molecule has 0 saturated carbocycles. The molecule has 2 amide bonds. The van der Waals surface area contributed by atoms with Crippen molar-refractivity contribution in [3.8, 4) is 0 Å². The lowest BCUT2D eigenvalue weighted by molar-refractivity contribution is -0.139. The number of hydrogen-bond donors (Lipinski definition) is 0. The minimum atomic E-state index is 0.103. The van der Waals surface area contributed by atoms with Crippen molar-refractivity contribution in [2.24, 2.45) is 0 Å². The van der Waals surface area contributed by atoms with E-state index in [1.807, 2.05) is 4.90 Å². The molecule has 2 aliphatic heterocycles. The van der Waals surface area contributed by atoms with Crippen molar-refractivity contribution in [2.45, 2.75) is 6.92 Å². The Bertz CT molecular complexity index is 332. The molecule has 0 aliphatic carbocycles. The maximum absolute atomic E-state index is 12.2. The van der Waals surface area contributed by atoms with Crippen LogP contribution in [0, 0.1) is 0 Å². The second-order valence-electron chi connectivity index (χ2n) is 5.47. The van der Waals surface area contributed by atoms with Gasteiger partial charge in [-0.1, -0.05) is 0 Å². The highest BCUT2D eigenvalue weighted by Crippen LogP contribution is 2.05. The van der Waals surface area contributed by atoms with E-state index in [9.17, 15) is 9.59 Å². The van der Waals surface area contributed by atoms with Gasteiger partial charge in [-0.25, -0.2) is 0 Å². The van der Waals surface area contributed by atoms with Gasteiger partial charge in [0, 0.05) is 59.3 Å². The minimum Gasteiger partial charge on any atom is -0.339 e. The maximum Gasteiger partial charge on any atom is 0.236 e. The summed E-state index contributed by atoms with van der Waals surface area (Å²) in [7, 11) is 2.11. The first-order chi connectivity index (χ1) is 9.06. The van der Waals surface area contributed by atoms with Crippen LogP contribution in [-0.4, -0.2) is 97.4 Å². The number of piperazine rings is 2. The Morgan fingerprint density at radius 2 is 1.37 bits per heavy atom. The molecule has 2 rings (SSSR count). The van der Waals surface area contributed by atoms with Crippen LogP contribution in [0.5, 0.6) is 0 Å². The van der Waals surface area contributed by atoms with Gasteiger partial charge in [0.2, 0.25) is 11.8 Å². The lowest BCUT2D eigenvalue weighted by Crippen LogP contribution is -2.54. The van der Waals surface area contributed by atoms with Crippen LogP contribution in [0.15, 0.2) is 0 Å². The molecule has 0 atom stereocenters. The van der Waals surface area contributed by atoms with E-state index in [1.54, 1.807) is 11.8 Å². The highest BCUT2D eigenvalue weighted by Gasteiger charge is 2.24. The van der Waals surface area contributed by atoms with Crippen LogP contribution in [-0.2, 0) is 9.59 Å².